The van der Waals surface area contributed by atoms with Crippen LogP contribution in [0, 0.1) is 0 Å². The van der Waals surface area contributed by atoms with Crippen LogP contribution in [0.2, 0.25) is 0 Å². The molecule has 0 saturated heterocycles. The first-order valence-electron chi connectivity index (χ1n) is 6.41. The minimum absolute atomic E-state index is 0.628. The van der Waals surface area contributed by atoms with Gasteiger partial charge in [0.1, 0.15) is 0 Å². The quantitative estimate of drug-likeness (QED) is 0.760. The Morgan fingerprint density at radius 2 is 2.26 bits per heavy atom. The van der Waals surface area contributed by atoms with Gasteiger partial charge in [-0.05, 0) is 23.6 Å². The number of aromatic nitrogens is 3. The van der Waals surface area contributed by atoms with E-state index < -0.39 is 0 Å². The van der Waals surface area contributed by atoms with Gasteiger partial charge in [0.15, 0.2) is 5.82 Å². The van der Waals surface area contributed by atoms with Gasteiger partial charge >= 0.3 is 0 Å². The van der Waals surface area contributed by atoms with Crippen molar-refractivity contribution in [1.82, 2.24) is 20.0 Å². The lowest BCUT2D eigenvalue weighted by Gasteiger charge is -2.08. The highest BCUT2D eigenvalue weighted by Crippen LogP contribution is 2.21. The van der Waals surface area contributed by atoms with E-state index in [4.69, 9.17) is 4.52 Å². The summed E-state index contributed by atoms with van der Waals surface area (Å²) in [7, 11) is 0. The van der Waals surface area contributed by atoms with Crippen LogP contribution in [-0.4, -0.2) is 21.3 Å². The Labute approximate surface area is 111 Å². The summed E-state index contributed by atoms with van der Waals surface area (Å²) in [5, 5.41) is 8.47. The average Bonchev–Trinajstić information content (AvgIpc) is 3.07. The van der Waals surface area contributed by atoms with Crippen molar-refractivity contribution in [2.75, 3.05) is 6.54 Å². The molecule has 2 heterocycles. The van der Waals surface area contributed by atoms with Gasteiger partial charge in [0.2, 0.25) is 6.39 Å². The molecule has 0 saturated carbocycles. The van der Waals surface area contributed by atoms with E-state index in [9.17, 15) is 0 Å². The topological polar surface area (TPSA) is 55.9 Å². The summed E-state index contributed by atoms with van der Waals surface area (Å²) in [5.41, 5.74) is 2.51. The fraction of sp³-hybridized carbons (Fsp3) is 0.286. The Morgan fingerprint density at radius 1 is 1.32 bits per heavy atom. The van der Waals surface area contributed by atoms with Crippen molar-refractivity contribution in [2.45, 2.75) is 20.0 Å². The van der Waals surface area contributed by atoms with E-state index in [0.717, 1.165) is 13.1 Å². The molecule has 1 N–H and O–H groups in total. The summed E-state index contributed by atoms with van der Waals surface area (Å²) >= 11 is 0. The minimum Gasteiger partial charge on any atom is -0.343 e. The van der Waals surface area contributed by atoms with Crippen LogP contribution in [0.25, 0.3) is 10.9 Å². The van der Waals surface area contributed by atoms with E-state index in [1.807, 2.05) is 0 Å². The van der Waals surface area contributed by atoms with Gasteiger partial charge in [-0.2, -0.15) is 4.98 Å². The molecular formula is C14H16N4O. The highest BCUT2D eigenvalue weighted by atomic mass is 16.5. The van der Waals surface area contributed by atoms with Crippen molar-refractivity contribution in [2.24, 2.45) is 0 Å². The lowest BCUT2D eigenvalue weighted by molar-refractivity contribution is 0.408. The summed E-state index contributed by atoms with van der Waals surface area (Å²) in [6.07, 6.45) is 3.43. The predicted molar refractivity (Wildman–Crippen MR) is 72.7 cm³/mol. The zero-order valence-electron chi connectivity index (χ0n) is 10.8. The minimum atomic E-state index is 0.628. The molecule has 2 aromatic heterocycles. The number of hydrogen-bond donors (Lipinski definition) is 1. The maximum absolute atomic E-state index is 4.78. The molecule has 0 unspecified atom stereocenters. The van der Waals surface area contributed by atoms with Crippen LogP contribution in [-0.2, 0) is 13.1 Å². The van der Waals surface area contributed by atoms with Crippen LogP contribution in [0.1, 0.15) is 18.3 Å². The Bertz CT molecular complexity index is 657. The fourth-order valence-corrected chi connectivity index (χ4v) is 2.29. The highest BCUT2D eigenvalue weighted by molar-refractivity contribution is 5.83. The maximum Gasteiger partial charge on any atom is 0.213 e. The summed E-state index contributed by atoms with van der Waals surface area (Å²) < 4.78 is 6.94. The maximum atomic E-state index is 4.78. The third-order valence-electron chi connectivity index (χ3n) is 3.16. The number of nitrogens with zero attached hydrogens (tertiary/aromatic N) is 3. The van der Waals surface area contributed by atoms with Crippen LogP contribution in [0.15, 0.2) is 41.4 Å². The van der Waals surface area contributed by atoms with Crippen LogP contribution in [0.3, 0.4) is 0 Å². The largest absolute Gasteiger partial charge is 0.343 e. The summed E-state index contributed by atoms with van der Waals surface area (Å²) in [5.74, 6) is 0.691. The van der Waals surface area contributed by atoms with Crippen molar-refractivity contribution in [1.29, 1.82) is 0 Å². The first kappa shape index (κ1) is 11.9. The van der Waals surface area contributed by atoms with Crippen molar-refractivity contribution in [3.8, 4) is 0 Å². The molecule has 0 aliphatic rings. The van der Waals surface area contributed by atoms with Gasteiger partial charge in [-0.15, -0.1) is 0 Å². The molecule has 0 radical (unpaired) electrons. The molecule has 0 aliphatic heterocycles. The van der Waals surface area contributed by atoms with E-state index in [2.05, 4.69) is 57.4 Å². The molecule has 19 heavy (non-hydrogen) atoms. The lowest BCUT2D eigenvalue weighted by atomic mass is 10.1. The molecule has 1 aromatic carbocycles. The van der Waals surface area contributed by atoms with Gasteiger partial charge in [-0.3, -0.25) is 0 Å². The summed E-state index contributed by atoms with van der Waals surface area (Å²) in [4.78, 5) is 4.08. The third-order valence-corrected chi connectivity index (χ3v) is 3.16. The second-order valence-corrected chi connectivity index (χ2v) is 4.43. The van der Waals surface area contributed by atoms with Gasteiger partial charge in [0, 0.05) is 12.7 Å². The Hall–Kier alpha value is -2.14. The number of nitrogens with one attached hydrogen (secondary N) is 1. The van der Waals surface area contributed by atoms with Gasteiger partial charge in [-0.1, -0.05) is 30.3 Å². The number of para-hydroxylation sites is 1. The Balaban J connectivity index is 1.99. The first-order valence-corrected chi connectivity index (χ1v) is 6.41. The van der Waals surface area contributed by atoms with E-state index in [0.29, 0.717) is 12.4 Å². The molecule has 98 valence electrons. The summed E-state index contributed by atoms with van der Waals surface area (Å²) in [6.45, 7) is 4.56. The monoisotopic (exact) mass is 256 g/mol. The molecule has 0 bridgehead atoms. The molecule has 5 heteroatoms. The van der Waals surface area contributed by atoms with E-state index in [1.165, 1.54) is 22.9 Å². The number of benzene rings is 1. The molecule has 0 aliphatic carbocycles. The SMILES string of the molecule is CCNCc1cccc2ccn(Cc3ncon3)c12. The Morgan fingerprint density at radius 3 is 3.05 bits per heavy atom. The van der Waals surface area contributed by atoms with Crippen LogP contribution < -0.4 is 5.32 Å². The normalized spacial score (nSPS) is 11.2. The standard InChI is InChI=1S/C14H16N4O/c1-2-15-8-12-5-3-4-11-6-7-18(14(11)12)9-13-16-10-19-17-13/h3-7,10,15H,2,8-9H2,1H3. The van der Waals surface area contributed by atoms with Crippen LogP contribution in [0.4, 0.5) is 0 Å². The lowest BCUT2D eigenvalue weighted by Crippen LogP contribution is -2.13. The van der Waals surface area contributed by atoms with Gasteiger partial charge in [-0.25, -0.2) is 0 Å². The van der Waals surface area contributed by atoms with Crippen LogP contribution >= 0.6 is 0 Å². The second kappa shape index (κ2) is 5.24. The highest BCUT2D eigenvalue weighted by Gasteiger charge is 2.08. The molecule has 0 fully saturated rings. The van der Waals surface area contributed by atoms with Gasteiger partial charge in [0.25, 0.3) is 0 Å². The average molecular weight is 256 g/mol. The fourth-order valence-electron chi connectivity index (χ4n) is 2.29. The van der Waals surface area contributed by atoms with E-state index in [1.54, 1.807) is 0 Å². The second-order valence-electron chi connectivity index (χ2n) is 4.43. The number of hydrogen-bond acceptors (Lipinski definition) is 4. The van der Waals surface area contributed by atoms with Gasteiger partial charge in [0.05, 0.1) is 12.1 Å². The third kappa shape index (κ3) is 2.37. The molecule has 5 nitrogen and oxygen atoms in total. The van der Waals surface area contributed by atoms with Crippen LogP contribution in [0.5, 0.6) is 0 Å². The number of rotatable bonds is 5. The van der Waals surface area contributed by atoms with Crippen molar-refractivity contribution >= 4 is 10.9 Å². The van der Waals surface area contributed by atoms with E-state index in [-0.39, 0.29) is 0 Å². The number of fused-ring (bicyclic) bond motifs is 1. The predicted octanol–water partition coefficient (Wildman–Crippen LogP) is 2.18. The van der Waals surface area contributed by atoms with Crippen molar-refractivity contribution in [3.05, 3.63) is 48.2 Å². The Kier molecular flexibility index (Phi) is 3.29. The molecule has 0 atom stereocenters. The first-order chi connectivity index (χ1) is 9.38. The molecule has 0 amide bonds. The zero-order chi connectivity index (χ0) is 13.1. The summed E-state index contributed by atoms with van der Waals surface area (Å²) in [6, 6.07) is 8.48. The molecular weight excluding hydrogens is 240 g/mol. The molecule has 3 aromatic rings. The van der Waals surface area contributed by atoms with Crippen molar-refractivity contribution in [3.63, 3.8) is 0 Å². The van der Waals surface area contributed by atoms with Crippen molar-refractivity contribution < 1.29 is 4.52 Å². The molecule has 0 spiro atoms. The smallest absolute Gasteiger partial charge is 0.213 e. The van der Waals surface area contributed by atoms with Gasteiger partial charge < -0.3 is 14.4 Å². The molecule has 3 rings (SSSR count). The van der Waals surface area contributed by atoms with E-state index >= 15 is 0 Å². The zero-order valence-corrected chi connectivity index (χ0v) is 10.8.